The Hall–Kier alpha value is -0.880. The first kappa shape index (κ1) is 15.5. The number of rotatable bonds is 7. The van der Waals surface area contributed by atoms with Crippen molar-refractivity contribution in [3.8, 4) is 0 Å². The molecular formula is C16H22IN3. The SMILES string of the molecule is CCCNC(Cc1cnn(CC)c1)c1ccccc1I. The Bertz CT molecular complexity index is 536. The van der Waals surface area contributed by atoms with Crippen LogP contribution in [0.2, 0.25) is 0 Å². The molecule has 0 spiro atoms. The summed E-state index contributed by atoms with van der Waals surface area (Å²) in [7, 11) is 0. The van der Waals surface area contributed by atoms with Crippen molar-refractivity contribution in [2.75, 3.05) is 6.54 Å². The smallest absolute Gasteiger partial charge is 0.0522 e. The molecule has 0 fully saturated rings. The molecule has 1 unspecified atom stereocenters. The fourth-order valence-electron chi connectivity index (χ4n) is 2.29. The monoisotopic (exact) mass is 383 g/mol. The molecule has 20 heavy (non-hydrogen) atoms. The minimum absolute atomic E-state index is 0.359. The van der Waals surface area contributed by atoms with Crippen molar-refractivity contribution in [2.24, 2.45) is 0 Å². The zero-order valence-corrected chi connectivity index (χ0v) is 14.3. The third kappa shape index (κ3) is 4.06. The van der Waals surface area contributed by atoms with Crippen LogP contribution in [0.4, 0.5) is 0 Å². The number of nitrogens with one attached hydrogen (secondary N) is 1. The van der Waals surface area contributed by atoms with Crippen LogP contribution in [0.15, 0.2) is 36.7 Å². The van der Waals surface area contributed by atoms with E-state index in [-0.39, 0.29) is 0 Å². The van der Waals surface area contributed by atoms with Crippen LogP contribution in [0.1, 0.15) is 37.4 Å². The predicted octanol–water partition coefficient (Wildman–Crippen LogP) is 3.79. The van der Waals surface area contributed by atoms with Gasteiger partial charge in [-0.05, 0) is 66.1 Å². The average Bonchev–Trinajstić information content (AvgIpc) is 2.92. The molecule has 1 heterocycles. The first-order valence-electron chi connectivity index (χ1n) is 7.23. The molecule has 1 atom stereocenters. The third-order valence-electron chi connectivity index (χ3n) is 3.37. The van der Waals surface area contributed by atoms with Crippen LogP contribution in [-0.2, 0) is 13.0 Å². The molecule has 1 N–H and O–H groups in total. The molecule has 0 bridgehead atoms. The highest BCUT2D eigenvalue weighted by Gasteiger charge is 2.15. The zero-order chi connectivity index (χ0) is 14.4. The van der Waals surface area contributed by atoms with Gasteiger partial charge in [-0.25, -0.2) is 0 Å². The number of aryl methyl sites for hydroxylation is 1. The summed E-state index contributed by atoms with van der Waals surface area (Å²) in [6.45, 7) is 6.28. The number of halogens is 1. The highest BCUT2D eigenvalue weighted by molar-refractivity contribution is 14.1. The molecule has 4 heteroatoms. The standard InChI is InChI=1S/C16H22IN3/c1-3-9-18-16(14-7-5-6-8-15(14)17)10-13-11-19-20(4-2)12-13/h5-8,11-12,16,18H,3-4,9-10H2,1-2H3. The second kappa shape index (κ2) is 7.78. The maximum Gasteiger partial charge on any atom is 0.0522 e. The van der Waals surface area contributed by atoms with Gasteiger partial charge in [0, 0.05) is 22.4 Å². The first-order valence-corrected chi connectivity index (χ1v) is 8.31. The minimum Gasteiger partial charge on any atom is -0.310 e. The van der Waals surface area contributed by atoms with Gasteiger partial charge < -0.3 is 5.32 Å². The fourth-order valence-corrected chi connectivity index (χ4v) is 3.05. The van der Waals surface area contributed by atoms with E-state index in [4.69, 9.17) is 0 Å². The van der Waals surface area contributed by atoms with E-state index < -0.39 is 0 Å². The van der Waals surface area contributed by atoms with Crippen LogP contribution in [0.25, 0.3) is 0 Å². The van der Waals surface area contributed by atoms with E-state index in [0.717, 1.165) is 25.9 Å². The lowest BCUT2D eigenvalue weighted by molar-refractivity contribution is 0.527. The van der Waals surface area contributed by atoms with Crippen molar-refractivity contribution in [3.63, 3.8) is 0 Å². The van der Waals surface area contributed by atoms with E-state index in [1.54, 1.807) is 0 Å². The quantitative estimate of drug-likeness (QED) is 0.738. The van der Waals surface area contributed by atoms with Gasteiger partial charge in [0.2, 0.25) is 0 Å². The van der Waals surface area contributed by atoms with Gasteiger partial charge >= 0.3 is 0 Å². The molecule has 0 radical (unpaired) electrons. The van der Waals surface area contributed by atoms with Gasteiger partial charge in [0.05, 0.1) is 6.20 Å². The van der Waals surface area contributed by atoms with Crippen LogP contribution in [0.5, 0.6) is 0 Å². The topological polar surface area (TPSA) is 29.9 Å². The van der Waals surface area contributed by atoms with Gasteiger partial charge in [0.15, 0.2) is 0 Å². The fraction of sp³-hybridized carbons (Fsp3) is 0.438. The van der Waals surface area contributed by atoms with Crippen LogP contribution in [-0.4, -0.2) is 16.3 Å². The van der Waals surface area contributed by atoms with E-state index >= 15 is 0 Å². The Morgan fingerprint density at radius 3 is 2.75 bits per heavy atom. The Morgan fingerprint density at radius 2 is 2.10 bits per heavy atom. The summed E-state index contributed by atoms with van der Waals surface area (Å²) < 4.78 is 3.31. The van der Waals surface area contributed by atoms with E-state index in [1.807, 2.05) is 10.9 Å². The van der Waals surface area contributed by atoms with Crippen molar-refractivity contribution >= 4 is 22.6 Å². The molecule has 2 rings (SSSR count). The summed E-state index contributed by atoms with van der Waals surface area (Å²) in [5.74, 6) is 0. The van der Waals surface area contributed by atoms with Gasteiger partial charge in [-0.3, -0.25) is 4.68 Å². The Balaban J connectivity index is 2.17. The second-order valence-corrected chi connectivity index (χ2v) is 6.10. The maximum absolute atomic E-state index is 4.37. The summed E-state index contributed by atoms with van der Waals surface area (Å²) in [6.07, 6.45) is 6.27. The molecule has 3 nitrogen and oxygen atoms in total. The normalized spacial score (nSPS) is 12.6. The molecule has 0 aliphatic rings. The van der Waals surface area contributed by atoms with Crippen molar-refractivity contribution in [3.05, 3.63) is 51.4 Å². The largest absolute Gasteiger partial charge is 0.310 e. The molecule has 0 saturated heterocycles. The van der Waals surface area contributed by atoms with Gasteiger partial charge in [-0.15, -0.1) is 0 Å². The number of hydrogen-bond donors (Lipinski definition) is 1. The minimum atomic E-state index is 0.359. The van der Waals surface area contributed by atoms with E-state index in [2.05, 4.69) is 77.3 Å². The Morgan fingerprint density at radius 1 is 1.30 bits per heavy atom. The molecule has 0 aliphatic carbocycles. The van der Waals surface area contributed by atoms with E-state index in [0.29, 0.717) is 6.04 Å². The van der Waals surface area contributed by atoms with Gasteiger partial charge in [-0.1, -0.05) is 25.1 Å². The molecule has 0 aliphatic heterocycles. The molecule has 1 aromatic heterocycles. The van der Waals surface area contributed by atoms with Gasteiger partial charge in [-0.2, -0.15) is 5.10 Å². The van der Waals surface area contributed by atoms with Gasteiger partial charge in [0.25, 0.3) is 0 Å². The Labute approximate surface area is 134 Å². The van der Waals surface area contributed by atoms with Crippen LogP contribution in [0, 0.1) is 3.57 Å². The van der Waals surface area contributed by atoms with Crippen LogP contribution < -0.4 is 5.32 Å². The number of benzene rings is 1. The lowest BCUT2D eigenvalue weighted by Crippen LogP contribution is -2.24. The number of aromatic nitrogens is 2. The highest BCUT2D eigenvalue weighted by atomic mass is 127. The lowest BCUT2D eigenvalue weighted by atomic mass is 10.0. The van der Waals surface area contributed by atoms with Crippen LogP contribution >= 0.6 is 22.6 Å². The van der Waals surface area contributed by atoms with E-state index in [9.17, 15) is 0 Å². The molecule has 1 aromatic carbocycles. The predicted molar refractivity (Wildman–Crippen MR) is 91.8 cm³/mol. The third-order valence-corrected chi connectivity index (χ3v) is 4.35. The van der Waals surface area contributed by atoms with Gasteiger partial charge in [0.1, 0.15) is 0 Å². The molecular weight excluding hydrogens is 361 g/mol. The van der Waals surface area contributed by atoms with Crippen molar-refractivity contribution in [2.45, 2.75) is 39.3 Å². The molecule has 0 saturated carbocycles. The molecule has 0 amide bonds. The number of hydrogen-bond acceptors (Lipinski definition) is 2. The summed E-state index contributed by atoms with van der Waals surface area (Å²) in [4.78, 5) is 0. The maximum atomic E-state index is 4.37. The second-order valence-electron chi connectivity index (χ2n) is 4.94. The van der Waals surface area contributed by atoms with Crippen LogP contribution in [0.3, 0.4) is 0 Å². The Kier molecular flexibility index (Phi) is 6.04. The summed E-state index contributed by atoms with van der Waals surface area (Å²) in [5, 5.41) is 8.03. The zero-order valence-electron chi connectivity index (χ0n) is 12.1. The highest BCUT2D eigenvalue weighted by Crippen LogP contribution is 2.23. The lowest BCUT2D eigenvalue weighted by Gasteiger charge is -2.19. The summed E-state index contributed by atoms with van der Waals surface area (Å²) in [6, 6.07) is 8.97. The number of nitrogens with zero attached hydrogens (tertiary/aromatic N) is 2. The van der Waals surface area contributed by atoms with E-state index in [1.165, 1.54) is 14.7 Å². The first-order chi connectivity index (χ1) is 9.74. The molecule has 2 aromatic rings. The van der Waals surface area contributed by atoms with Crippen molar-refractivity contribution < 1.29 is 0 Å². The average molecular weight is 383 g/mol. The summed E-state index contributed by atoms with van der Waals surface area (Å²) in [5.41, 5.74) is 2.67. The van der Waals surface area contributed by atoms with Crippen molar-refractivity contribution in [1.29, 1.82) is 0 Å². The molecule has 108 valence electrons. The van der Waals surface area contributed by atoms with Crippen molar-refractivity contribution in [1.82, 2.24) is 15.1 Å². The summed E-state index contributed by atoms with van der Waals surface area (Å²) >= 11 is 2.42.